The van der Waals surface area contributed by atoms with Crippen LogP contribution >= 0.6 is 0 Å². The summed E-state index contributed by atoms with van der Waals surface area (Å²) < 4.78 is 0. The van der Waals surface area contributed by atoms with Gasteiger partial charge in [0, 0.05) is 13.5 Å². The van der Waals surface area contributed by atoms with Gasteiger partial charge in [-0.05, 0) is 47.9 Å². The van der Waals surface area contributed by atoms with Crippen molar-refractivity contribution in [3.63, 3.8) is 0 Å². The predicted octanol–water partition coefficient (Wildman–Crippen LogP) is 4.33. The number of aryl methyl sites for hydroxylation is 1. The Morgan fingerprint density at radius 2 is 1.68 bits per heavy atom. The van der Waals surface area contributed by atoms with Gasteiger partial charge in [0.15, 0.2) is 0 Å². The van der Waals surface area contributed by atoms with E-state index in [0.29, 0.717) is 12.5 Å². The van der Waals surface area contributed by atoms with Crippen LogP contribution in [0.2, 0.25) is 0 Å². The van der Waals surface area contributed by atoms with Crippen LogP contribution in [-0.2, 0) is 9.59 Å². The normalized spacial score (nSPS) is 17.6. The average Bonchev–Trinajstić information content (AvgIpc) is 3.17. The minimum atomic E-state index is -0.376. The van der Waals surface area contributed by atoms with E-state index in [2.05, 4.69) is 62.5 Å². The fourth-order valence-electron chi connectivity index (χ4n) is 3.98. The highest BCUT2D eigenvalue weighted by Crippen LogP contribution is 2.28. The molecule has 4 heteroatoms. The summed E-state index contributed by atoms with van der Waals surface area (Å²) >= 11 is 0. The summed E-state index contributed by atoms with van der Waals surface area (Å²) in [5, 5.41) is 3.23. The molecule has 0 bridgehead atoms. The first-order chi connectivity index (χ1) is 13.4. The predicted molar refractivity (Wildman–Crippen MR) is 112 cm³/mol. The molecule has 1 aliphatic rings. The molecule has 148 valence electrons. The molecule has 28 heavy (non-hydrogen) atoms. The highest BCUT2D eigenvalue weighted by atomic mass is 16.2. The van der Waals surface area contributed by atoms with E-state index in [9.17, 15) is 9.59 Å². The zero-order chi connectivity index (χ0) is 20.3. The van der Waals surface area contributed by atoms with Crippen molar-refractivity contribution in [1.29, 1.82) is 0 Å². The van der Waals surface area contributed by atoms with Crippen LogP contribution in [0.5, 0.6) is 0 Å². The second kappa shape index (κ2) is 8.59. The number of carbonyl (C=O) groups is 2. The number of nitrogens with zero attached hydrogens (tertiary/aromatic N) is 1. The summed E-state index contributed by atoms with van der Waals surface area (Å²) in [6, 6.07) is 16.0. The molecule has 0 saturated carbocycles. The summed E-state index contributed by atoms with van der Waals surface area (Å²) in [5.41, 5.74) is 4.55. The summed E-state index contributed by atoms with van der Waals surface area (Å²) in [4.78, 5) is 26.7. The second-order valence-electron chi connectivity index (χ2n) is 7.99. The summed E-state index contributed by atoms with van der Waals surface area (Å²) in [6.45, 7) is 8.60. The number of hydrogen-bond acceptors (Lipinski definition) is 2. The minimum absolute atomic E-state index is 0.0358. The lowest BCUT2D eigenvalue weighted by Crippen LogP contribution is -2.46. The molecule has 0 spiro atoms. The molecular formula is C24H30N2O2. The van der Waals surface area contributed by atoms with E-state index < -0.39 is 0 Å². The van der Waals surface area contributed by atoms with Gasteiger partial charge in [-0.1, -0.05) is 62.4 Å². The molecule has 0 aliphatic carbocycles. The van der Waals surface area contributed by atoms with Crippen molar-refractivity contribution in [2.24, 2.45) is 0 Å². The fourth-order valence-corrected chi connectivity index (χ4v) is 3.98. The molecule has 2 aromatic rings. The lowest BCUT2D eigenvalue weighted by molar-refractivity contribution is -0.137. The van der Waals surface area contributed by atoms with Crippen molar-refractivity contribution in [3.8, 4) is 0 Å². The zero-order valence-corrected chi connectivity index (χ0v) is 17.2. The Balaban J connectivity index is 1.92. The fraction of sp³-hybridized carbons (Fsp3) is 0.417. The zero-order valence-electron chi connectivity index (χ0n) is 17.2. The summed E-state index contributed by atoms with van der Waals surface area (Å²) in [6.07, 6.45) is 1.59. The molecule has 0 unspecified atom stereocenters. The molecule has 1 aliphatic heterocycles. The van der Waals surface area contributed by atoms with Crippen LogP contribution in [0, 0.1) is 6.92 Å². The average molecular weight is 379 g/mol. The van der Waals surface area contributed by atoms with Gasteiger partial charge in [0.1, 0.15) is 6.04 Å². The van der Waals surface area contributed by atoms with Crippen molar-refractivity contribution in [2.75, 3.05) is 6.54 Å². The molecule has 0 radical (unpaired) electrons. The van der Waals surface area contributed by atoms with E-state index in [-0.39, 0.29) is 23.9 Å². The SMILES string of the molecule is CC(=O)N1CCC[C@H]1C(=O)N[C@H](c1ccc(C(C)C)cc1)c1ccccc1C. The van der Waals surface area contributed by atoms with Gasteiger partial charge in [-0.2, -0.15) is 0 Å². The number of rotatable bonds is 5. The number of benzene rings is 2. The van der Waals surface area contributed by atoms with Gasteiger partial charge < -0.3 is 10.2 Å². The largest absolute Gasteiger partial charge is 0.343 e. The number of nitrogens with one attached hydrogen (secondary N) is 1. The molecule has 1 heterocycles. The summed E-state index contributed by atoms with van der Waals surface area (Å²) in [7, 11) is 0. The molecule has 1 fully saturated rings. The molecule has 1 saturated heterocycles. The number of amides is 2. The standard InChI is InChI=1S/C24H30N2O2/c1-16(2)19-11-13-20(14-12-19)23(21-9-6-5-8-17(21)3)25-24(28)22-10-7-15-26(22)18(4)27/h5-6,8-9,11-14,16,22-23H,7,10,15H2,1-4H3,(H,25,28)/t22-,23+/m0/s1. The third-order valence-electron chi connectivity index (χ3n) is 5.68. The smallest absolute Gasteiger partial charge is 0.243 e. The van der Waals surface area contributed by atoms with Crippen molar-refractivity contribution in [1.82, 2.24) is 10.2 Å². The number of hydrogen-bond donors (Lipinski definition) is 1. The van der Waals surface area contributed by atoms with E-state index in [1.54, 1.807) is 4.90 Å². The molecule has 0 aromatic heterocycles. The molecule has 2 atom stereocenters. The van der Waals surface area contributed by atoms with E-state index in [4.69, 9.17) is 0 Å². The van der Waals surface area contributed by atoms with Crippen molar-refractivity contribution in [3.05, 3.63) is 70.8 Å². The Bertz CT molecular complexity index is 842. The van der Waals surface area contributed by atoms with Gasteiger partial charge >= 0.3 is 0 Å². The van der Waals surface area contributed by atoms with E-state index >= 15 is 0 Å². The van der Waals surface area contributed by atoms with Crippen LogP contribution in [0.15, 0.2) is 48.5 Å². The van der Waals surface area contributed by atoms with Crippen LogP contribution in [-0.4, -0.2) is 29.3 Å². The maximum absolute atomic E-state index is 13.1. The highest BCUT2D eigenvalue weighted by Gasteiger charge is 2.33. The lowest BCUT2D eigenvalue weighted by atomic mass is 9.92. The van der Waals surface area contributed by atoms with E-state index in [1.165, 1.54) is 12.5 Å². The van der Waals surface area contributed by atoms with Crippen LogP contribution in [0.1, 0.15) is 67.8 Å². The first kappa shape index (κ1) is 20.1. The van der Waals surface area contributed by atoms with Gasteiger partial charge in [-0.15, -0.1) is 0 Å². The van der Waals surface area contributed by atoms with Crippen LogP contribution in [0.4, 0.5) is 0 Å². The Labute approximate surface area is 167 Å². The van der Waals surface area contributed by atoms with Crippen molar-refractivity contribution < 1.29 is 9.59 Å². The minimum Gasteiger partial charge on any atom is -0.343 e. The Morgan fingerprint density at radius 3 is 2.29 bits per heavy atom. The Morgan fingerprint density at radius 1 is 1.04 bits per heavy atom. The highest BCUT2D eigenvalue weighted by molar-refractivity contribution is 5.88. The van der Waals surface area contributed by atoms with Crippen molar-refractivity contribution >= 4 is 11.8 Å². The van der Waals surface area contributed by atoms with Gasteiger partial charge in [0.05, 0.1) is 6.04 Å². The molecule has 2 amide bonds. The maximum Gasteiger partial charge on any atom is 0.243 e. The Kier molecular flexibility index (Phi) is 6.18. The van der Waals surface area contributed by atoms with Gasteiger partial charge in [0.25, 0.3) is 0 Å². The maximum atomic E-state index is 13.1. The Hall–Kier alpha value is -2.62. The second-order valence-corrected chi connectivity index (χ2v) is 7.99. The third kappa shape index (κ3) is 4.27. The van der Waals surface area contributed by atoms with E-state index in [0.717, 1.165) is 29.5 Å². The lowest BCUT2D eigenvalue weighted by Gasteiger charge is -2.27. The van der Waals surface area contributed by atoms with Gasteiger partial charge in [-0.3, -0.25) is 9.59 Å². The first-order valence-electron chi connectivity index (χ1n) is 10.1. The number of carbonyl (C=O) groups excluding carboxylic acids is 2. The van der Waals surface area contributed by atoms with Crippen LogP contribution in [0.3, 0.4) is 0 Å². The molecular weight excluding hydrogens is 348 g/mol. The van der Waals surface area contributed by atoms with Gasteiger partial charge in [0.2, 0.25) is 11.8 Å². The van der Waals surface area contributed by atoms with Gasteiger partial charge in [-0.25, -0.2) is 0 Å². The molecule has 1 N–H and O–H groups in total. The van der Waals surface area contributed by atoms with Crippen molar-refractivity contribution in [2.45, 2.75) is 58.5 Å². The molecule has 3 rings (SSSR count). The quantitative estimate of drug-likeness (QED) is 0.842. The topological polar surface area (TPSA) is 49.4 Å². The summed E-state index contributed by atoms with van der Waals surface area (Å²) in [5.74, 6) is 0.350. The van der Waals surface area contributed by atoms with Crippen LogP contribution in [0.25, 0.3) is 0 Å². The monoisotopic (exact) mass is 378 g/mol. The molecule has 4 nitrogen and oxygen atoms in total. The number of likely N-dealkylation sites (tertiary alicyclic amines) is 1. The first-order valence-corrected chi connectivity index (χ1v) is 10.1. The van der Waals surface area contributed by atoms with E-state index in [1.807, 2.05) is 12.1 Å². The molecule has 2 aromatic carbocycles. The third-order valence-corrected chi connectivity index (χ3v) is 5.68. The van der Waals surface area contributed by atoms with Crippen LogP contribution < -0.4 is 5.32 Å².